The monoisotopic (exact) mass is 411 g/mol. The van der Waals surface area contributed by atoms with Crippen molar-refractivity contribution in [2.24, 2.45) is 0 Å². The van der Waals surface area contributed by atoms with Gasteiger partial charge in [0.1, 0.15) is 29.4 Å². The molecule has 1 saturated heterocycles. The molecule has 2 atom stereocenters. The Hall–Kier alpha value is -3.29. The molecule has 4 rings (SSSR count). The van der Waals surface area contributed by atoms with Crippen molar-refractivity contribution in [3.8, 4) is 17.2 Å². The maximum absolute atomic E-state index is 13.4. The number of amides is 2. The van der Waals surface area contributed by atoms with E-state index in [4.69, 9.17) is 14.2 Å². The summed E-state index contributed by atoms with van der Waals surface area (Å²) in [5.74, 6) is 1.18. The van der Waals surface area contributed by atoms with E-state index in [9.17, 15) is 9.59 Å². The summed E-state index contributed by atoms with van der Waals surface area (Å²) in [7, 11) is 3.05. The maximum atomic E-state index is 13.4. The van der Waals surface area contributed by atoms with Gasteiger partial charge in [-0.05, 0) is 37.1 Å². The number of rotatable bonds is 7. The van der Waals surface area contributed by atoms with E-state index in [-0.39, 0.29) is 24.0 Å². The molecule has 2 amide bonds. The van der Waals surface area contributed by atoms with Gasteiger partial charge < -0.3 is 24.4 Å². The minimum Gasteiger partial charge on any atom is -0.497 e. The first-order valence-corrected chi connectivity index (χ1v) is 9.99. The van der Waals surface area contributed by atoms with Gasteiger partial charge in [-0.25, -0.2) is 0 Å². The van der Waals surface area contributed by atoms with E-state index in [0.717, 1.165) is 12.8 Å². The van der Waals surface area contributed by atoms with Gasteiger partial charge in [0.05, 0.1) is 32.5 Å². The third kappa shape index (κ3) is 4.32. The van der Waals surface area contributed by atoms with Crippen LogP contribution in [0.3, 0.4) is 0 Å². The Labute approximate surface area is 175 Å². The predicted molar refractivity (Wildman–Crippen MR) is 109 cm³/mol. The lowest BCUT2D eigenvalue weighted by atomic mass is 10.1. The summed E-state index contributed by atoms with van der Waals surface area (Å²) in [4.78, 5) is 31.9. The predicted octanol–water partition coefficient (Wildman–Crippen LogP) is 2.04. The lowest BCUT2D eigenvalue weighted by Crippen LogP contribution is -2.46. The molecule has 1 aromatic carbocycles. The molecule has 1 saturated carbocycles. The lowest BCUT2D eigenvalue weighted by Gasteiger charge is -2.24. The van der Waals surface area contributed by atoms with Crippen LogP contribution in [0.4, 0.5) is 0 Å². The fourth-order valence-corrected chi connectivity index (χ4v) is 3.62. The molecule has 2 fully saturated rings. The minimum atomic E-state index is -0.605. The van der Waals surface area contributed by atoms with E-state index < -0.39 is 6.04 Å². The second kappa shape index (κ2) is 8.61. The summed E-state index contributed by atoms with van der Waals surface area (Å²) < 4.78 is 16.6. The largest absolute Gasteiger partial charge is 0.497 e. The third-order valence-corrected chi connectivity index (χ3v) is 5.33. The van der Waals surface area contributed by atoms with Crippen molar-refractivity contribution in [1.82, 2.24) is 15.2 Å². The van der Waals surface area contributed by atoms with Crippen LogP contribution in [0.2, 0.25) is 0 Å². The number of nitrogens with one attached hydrogen (secondary N) is 1. The molecule has 0 bridgehead atoms. The molecule has 1 aromatic heterocycles. The molecule has 1 N–H and O–H groups in total. The van der Waals surface area contributed by atoms with Gasteiger partial charge in [-0.3, -0.25) is 14.6 Å². The van der Waals surface area contributed by atoms with E-state index in [1.807, 2.05) is 6.07 Å². The first-order valence-electron chi connectivity index (χ1n) is 9.99. The van der Waals surface area contributed by atoms with E-state index in [2.05, 4.69) is 10.3 Å². The number of pyridine rings is 1. The smallest absolute Gasteiger partial charge is 0.258 e. The number of methoxy groups -OCH3 is 2. The molecule has 1 aliphatic carbocycles. The average molecular weight is 411 g/mol. The van der Waals surface area contributed by atoms with Gasteiger partial charge in [0.25, 0.3) is 5.91 Å². The van der Waals surface area contributed by atoms with E-state index in [0.29, 0.717) is 35.8 Å². The lowest BCUT2D eigenvalue weighted by molar-refractivity contribution is -0.125. The highest BCUT2D eigenvalue weighted by Gasteiger charge is 2.43. The van der Waals surface area contributed by atoms with Gasteiger partial charge in [0.15, 0.2) is 0 Å². The fraction of sp³-hybridized carbons (Fsp3) is 0.409. The highest BCUT2D eigenvalue weighted by atomic mass is 16.5. The van der Waals surface area contributed by atoms with Crippen LogP contribution >= 0.6 is 0 Å². The van der Waals surface area contributed by atoms with Gasteiger partial charge in [0, 0.05) is 24.7 Å². The van der Waals surface area contributed by atoms with Crippen molar-refractivity contribution < 1.29 is 23.8 Å². The van der Waals surface area contributed by atoms with Gasteiger partial charge >= 0.3 is 0 Å². The second-order valence-electron chi connectivity index (χ2n) is 7.49. The highest BCUT2D eigenvalue weighted by molar-refractivity contribution is 6.00. The van der Waals surface area contributed by atoms with Gasteiger partial charge in [-0.1, -0.05) is 0 Å². The van der Waals surface area contributed by atoms with Gasteiger partial charge in [-0.2, -0.15) is 0 Å². The second-order valence-corrected chi connectivity index (χ2v) is 7.49. The molecule has 2 aromatic rings. The van der Waals surface area contributed by atoms with Gasteiger partial charge in [-0.15, -0.1) is 0 Å². The van der Waals surface area contributed by atoms with Crippen LogP contribution in [-0.2, 0) is 4.79 Å². The van der Waals surface area contributed by atoms with Crippen LogP contribution in [0.1, 0.15) is 29.6 Å². The summed E-state index contributed by atoms with van der Waals surface area (Å²) in [5.41, 5.74) is 0.379. The number of likely N-dealkylation sites (tertiary alicyclic amines) is 1. The number of hydrogen-bond donors (Lipinski definition) is 1. The number of ether oxygens (including phenoxy) is 3. The molecule has 8 heteroatoms. The van der Waals surface area contributed by atoms with Crippen LogP contribution in [0.15, 0.2) is 42.7 Å². The number of carbonyl (C=O) groups is 2. The maximum Gasteiger partial charge on any atom is 0.258 e. The third-order valence-electron chi connectivity index (χ3n) is 5.33. The molecule has 158 valence electrons. The molecule has 2 aliphatic rings. The Balaban J connectivity index is 1.57. The summed E-state index contributed by atoms with van der Waals surface area (Å²) >= 11 is 0. The van der Waals surface area contributed by atoms with Crippen molar-refractivity contribution in [2.75, 3.05) is 20.8 Å². The molecule has 0 spiro atoms. The number of nitrogens with zero attached hydrogens (tertiary/aromatic N) is 2. The Morgan fingerprint density at radius 3 is 2.63 bits per heavy atom. The number of aromatic nitrogens is 1. The fourth-order valence-electron chi connectivity index (χ4n) is 3.62. The summed E-state index contributed by atoms with van der Waals surface area (Å²) in [5, 5.41) is 3.01. The zero-order valence-corrected chi connectivity index (χ0v) is 17.0. The topological polar surface area (TPSA) is 90.0 Å². The molecule has 0 unspecified atom stereocenters. The Morgan fingerprint density at radius 2 is 1.97 bits per heavy atom. The van der Waals surface area contributed by atoms with Crippen LogP contribution in [0.5, 0.6) is 17.2 Å². The molecular weight excluding hydrogens is 386 g/mol. The molecule has 1 aliphatic heterocycles. The van der Waals surface area contributed by atoms with Crippen LogP contribution in [0, 0.1) is 0 Å². The van der Waals surface area contributed by atoms with E-state index in [1.54, 1.807) is 48.7 Å². The standard InChI is InChI=1S/C22H25N3O5/c1-28-15-7-8-18(20(11-15)29-2)22(27)25-13-17(30-16-4-3-9-23-12-16)10-19(25)21(26)24-14-5-6-14/h3-4,7-9,11-12,14,17,19H,5-6,10,13H2,1-2H3,(H,24,26)/t17-,19-/m0/s1. The Kier molecular flexibility index (Phi) is 5.74. The minimum absolute atomic E-state index is 0.143. The van der Waals surface area contributed by atoms with Crippen molar-refractivity contribution in [2.45, 2.75) is 37.5 Å². The van der Waals surface area contributed by atoms with Crippen LogP contribution in [-0.4, -0.2) is 60.7 Å². The first kappa shape index (κ1) is 20.0. The number of carbonyl (C=O) groups excluding carboxylic acids is 2. The van der Waals surface area contributed by atoms with E-state index >= 15 is 0 Å². The zero-order valence-electron chi connectivity index (χ0n) is 17.0. The molecular formula is C22H25N3O5. The quantitative estimate of drug-likeness (QED) is 0.750. The summed E-state index contributed by atoms with van der Waals surface area (Å²) in [6.45, 7) is 0.297. The zero-order chi connectivity index (χ0) is 21.1. The SMILES string of the molecule is COc1ccc(C(=O)N2C[C@@H](Oc3cccnc3)C[C@H]2C(=O)NC2CC2)c(OC)c1. The Morgan fingerprint density at radius 1 is 1.13 bits per heavy atom. The normalized spacial score (nSPS) is 20.5. The number of benzene rings is 1. The highest BCUT2D eigenvalue weighted by Crippen LogP contribution is 2.30. The summed E-state index contributed by atoms with van der Waals surface area (Å²) in [6, 6.07) is 8.22. The van der Waals surface area contributed by atoms with Crippen molar-refractivity contribution >= 4 is 11.8 Å². The molecule has 0 radical (unpaired) electrons. The van der Waals surface area contributed by atoms with Gasteiger partial charge in [0.2, 0.25) is 5.91 Å². The number of hydrogen-bond acceptors (Lipinski definition) is 6. The van der Waals surface area contributed by atoms with Crippen molar-refractivity contribution in [1.29, 1.82) is 0 Å². The average Bonchev–Trinajstić information content (AvgIpc) is 3.49. The Bertz CT molecular complexity index is 916. The molecule has 8 nitrogen and oxygen atoms in total. The molecule has 2 heterocycles. The molecule has 30 heavy (non-hydrogen) atoms. The van der Waals surface area contributed by atoms with Crippen molar-refractivity contribution in [3.05, 3.63) is 48.3 Å². The van der Waals surface area contributed by atoms with Crippen molar-refractivity contribution in [3.63, 3.8) is 0 Å². The first-order chi connectivity index (χ1) is 14.6. The van der Waals surface area contributed by atoms with Crippen LogP contribution < -0.4 is 19.5 Å². The van der Waals surface area contributed by atoms with Crippen LogP contribution in [0.25, 0.3) is 0 Å². The van der Waals surface area contributed by atoms with E-state index in [1.165, 1.54) is 7.11 Å². The summed E-state index contributed by atoms with van der Waals surface area (Å²) in [6.07, 6.45) is 5.35.